The molecule has 310 valence electrons. The number of hydrogen-bond donors (Lipinski definition) is 7. The number of halogens is 1. The number of anilines is 1. The number of carbonyl (C=O) groups excluding carboxylic acids is 2. The molecule has 4 aromatic rings. The summed E-state index contributed by atoms with van der Waals surface area (Å²) in [6.07, 6.45) is -3.22. The maximum Gasteiger partial charge on any atom is 0.308 e. The number of nitrogens with zero attached hydrogens (tertiary/aromatic N) is 3. The maximum absolute atomic E-state index is 14.3. The molecular formula is C40H51FN4O12. The first kappa shape index (κ1) is 45.1. The second-order valence-corrected chi connectivity index (χ2v) is 13.6. The van der Waals surface area contributed by atoms with Gasteiger partial charge in [0.05, 0.1) is 53.9 Å². The Labute approximate surface area is 329 Å². The lowest BCUT2D eigenvalue weighted by Gasteiger charge is -2.21. The van der Waals surface area contributed by atoms with Crippen LogP contribution in [0.5, 0.6) is 0 Å². The van der Waals surface area contributed by atoms with Gasteiger partial charge in [-0.3, -0.25) is 35.3 Å². The molecule has 1 amide bonds. The highest BCUT2D eigenvalue weighted by molar-refractivity contribution is 6.12. The van der Waals surface area contributed by atoms with Crippen molar-refractivity contribution in [3.05, 3.63) is 102 Å². The minimum atomic E-state index is -1.30. The minimum Gasteiger partial charge on any atom is -0.463 e. The predicted molar refractivity (Wildman–Crippen MR) is 202 cm³/mol. The molecule has 4 rings (SSSR count). The van der Waals surface area contributed by atoms with E-state index in [2.05, 4.69) is 10.2 Å². The largest absolute Gasteiger partial charge is 0.463 e. The molecule has 0 aliphatic heterocycles. The van der Waals surface area contributed by atoms with Gasteiger partial charge in [0.2, 0.25) is 0 Å². The number of amides is 1. The van der Waals surface area contributed by atoms with E-state index in [0.29, 0.717) is 46.6 Å². The summed E-state index contributed by atoms with van der Waals surface area (Å²) < 4.78 is 26.7. The molecule has 0 radical (unpaired) electrons. The van der Waals surface area contributed by atoms with Crippen LogP contribution >= 0.6 is 0 Å². The van der Waals surface area contributed by atoms with E-state index in [-0.39, 0.29) is 51.0 Å². The maximum atomic E-state index is 14.3. The molecule has 0 saturated carbocycles. The van der Waals surface area contributed by atoms with Crippen LogP contribution in [0.3, 0.4) is 0 Å². The fraction of sp³-hybridized carbons (Fsp3) is 0.400. The van der Waals surface area contributed by atoms with Crippen molar-refractivity contribution in [1.82, 2.24) is 15.3 Å². The number of aliphatic hydroxyl groups is 2. The van der Waals surface area contributed by atoms with Gasteiger partial charge in [-0.25, -0.2) is 9.23 Å². The van der Waals surface area contributed by atoms with E-state index in [0.717, 1.165) is 5.56 Å². The van der Waals surface area contributed by atoms with Crippen molar-refractivity contribution in [3.8, 4) is 22.4 Å². The average Bonchev–Trinajstić information content (AvgIpc) is 3.52. The third-order valence-electron chi connectivity index (χ3n) is 8.79. The van der Waals surface area contributed by atoms with E-state index in [4.69, 9.17) is 35.1 Å². The Morgan fingerprint density at radius 1 is 0.807 bits per heavy atom. The Kier molecular flexibility index (Phi) is 18.1. The monoisotopic (exact) mass is 798 g/mol. The highest BCUT2D eigenvalue weighted by atomic mass is 19.1. The molecule has 1 aromatic heterocycles. The number of ether oxygens (including phenoxy) is 2. The van der Waals surface area contributed by atoms with E-state index in [9.17, 15) is 24.2 Å². The highest BCUT2D eigenvalue weighted by Crippen LogP contribution is 2.42. The van der Waals surface area contributed by atoms with Gasteiger partial charge in [0, 0.05) is 30.1 Å². The predicted octanol–water partition coefficient (Wildman–Crippen LogP) is 5.96. The second kappa shape index (κ2) is 22.9. The van der Waals surface area contributed by atoms with Crippen molar-refractivity contribution in [2.75, 3.05) is 31.7 Å². The lowest BCUT2D eigenvalue weighted by Crippen LogP contribution is -2.33. The molecule has 16 nitrogen and oxygen atoms in total. The van der Waals surface area contributed by atoms with Crippen LogP contribution < -0.4 is 5.32 Å². The fourth-order valence-corrected chi connectivity index (χ4v) is 6.35. The van der Waals surface area contributed by atoms with Gasteiger partial charge in [-0.2, -0.15) is 0 Å². The summed E-state index contributed by atoms with van der Waals surface area (Å²) in [5, 5.41) is 59.2. The van der Waals surface area contributed by atoms with E-state index >= 15 is 0 Å². The molecule has 0 saturated heterocycles. The summed E-state index contributed by atoms with van der Waals surface area (Å²) in [7, 11) is 0. The SMILES string of the molecule is CC(C)c1c(C(=O)Nc2ccccc2)c(-c2ccccc2)c(-c2ccc(F)cc2)n1CCC(O)CC(O)CC(=O)OCC(COCCCCON(O)O)ON(O)O. The molecule has 0 fully saturated rings. The first-order valence-corrected chi connectivity index (χ1v) is 18.5. The Balaban J connectivity index is 1.48. The number of aliphatic hydroxyl groups excluding tert-OH is 2. The van der Waals surface area contributed by atoms with Crippen molar-refractivity contribution < 1.29 is 64.2 Å². The summed E-state index contributed by atoms with van der Waals surface area (Å²) in [6.45, 7) is 3.63. The van der Waals surface area contributed by atoms with Gasteiger partial charge in [0.25, 0.3) is 5.91 Å². The van der Waals surface area contributed by atoms with Crippen LogP contribution in [0.4, 0.5) is 10.1 Å². The Hall–Kier alpha value is -4.63. The van der Waals surface area contributed by atoms with Gasteiger partial charge in [0.1, 0.15) is 18.5 Å². The highest BCUT2D eigenvalue weighted by Gasteiger charge is 2.31. The zero-order valence-electron chi connectivity index (χ0n) is 31.8. The van der Waals surface area contributed by atoms with Crippen molar-refractivity contribution in [2.45, 2.75) is 76.7 Å². The van der Waals surface area contributed by atoms with E-state index < -0.39 is 53.9 Å². The number of carbonyl (C=O) groups is 2. The Morgan fingerprint density at radius 2 is 1.46 bits per heavy atom. The molecule has 57 heavy (non-hydrogen) atoms. The van der Waals surface area contributed by atoms with Crippen molar-refractivity contribution in [1.29, 1.82) is 0 Å². The lowest BCUT2D eigenvalue weighted by atomic mass is 9.94. The molecular weight excluding hydrogens is 747 g/mol. The van der Waals surface area contributed by atoms with E-state index in [1.54, 1.807) is 24.3 Å². The third-order valence-corrected chi connectivity index (χ3v) is 8.79. The number of unbranched alkanes of at least 4 members (excludes halogenated alkanes) is 1. The van der Waals surface area contributed by atoms with Gasteiger partial charge in [-0.05, 0) is 79.1 Å². The lowest BCUT2D eigenvalue weighted by molar-refractivity contribution is -0.507. The zero-order chi connectivity index (χ0) is 41.3. The van der Waals surface area contributed by atoms with Crippen LogP contribution in [0.15, 0.2) is 84.9 Å². The summed E-state index contributed by atoms with van der Waals surface area (Å²) in [4.78, 5) is 36.1. The van der Waals surface area contributed by atoms with Gasteiger partial charge >= 0.3 is 5.97 Å². The molecule has 3 atom stereocenters. The number of rotatable bonds is 24. The number of benzene rings is 3. The molecule has 1 heterocycles. The van der Waals surface area contributed by atoms with Gasteiger partial charge in [-0.15, -0.1) is 0 Å². The third kappa shape index (κ3) is 14.4. The van der Waals surface area contributed by atoms with Crippen LogP contribution in [0.1, 0.15) is 67.9 Å². The Morgan fingerprint density at radius 3 is 2.09 bits per heavy atom. The first-order chi connectivity index (χ1) is 27.3. The fourth-order valence-electron chi connectivity index (χ4n) is 6.35. The molecule has 3 aromatic carbocycles. The number of esters is 1. The van der Waals surface area contributed by atoms with E-state index in [1.165, 1.54) is 12.1 Å². The summed E-state index contributed by atoms with van der Waals surface area (Å²) in [5.41, 5.74) is 4.44. The summed E-state index contributed by atoms with van der Waals surface area (Å²) in [5.74, 6) is -1.79. The van der Waals surface area contributed by atoms with Gasteiger partial charge < -0.3 is 29.6 Å². The smallest absolute Gasteiger partial charge is 0.308 e. The van der Waals surface area contributed by atoms with Crippen LogP contribution in [-0.2, 0) is 30.5 Å². The van der Waals surface area contributed by atoms with Crippen LogP contribution in [0, 0.1) is 5.82 Å². The molecule has 17 heteroatoms. The Bertz CT molecular complexity index is 1810. The van der Waals surface area contributed by atoms with Crippen molar-refractivity contribution in [2.24, 2.45) is 0 Å². The number of nitrogens with one attached hydrogen (secondary N) is 1. The van der Waals surface area contributed by atoms with Crippen LogP contribution in [0.2, 0.25) is 0 Å². The molecule has 7 N–H and O–H groups in total. The minimum absolute atomic E-state index is 0.0123. The molecule has 0 aliphatic rings. The standard InChI is InChI=1S/C40H51FN4O12/c1-27(2)38-37(40(49)42-31-13-7-4-8-14-31)36(28-11-5-3-6-12-28)39(29-15-17-30(41)18-16-29)43(38)20-19-32(46)23-33(47)24-35(48)55-26-34(57-45(52)53)25-54-21-9-10-22-56-44(50)51/h3-8,11-18,27,32-34,46-47,50-53H,9-10,19-26H2,1-2H3,(H,42,49). The van der Waals surface area contributed by atoms with Gasteiger partial charge in [-0.1, -0.05) is 62.4 Å². The van der Waals surface area contributed by atoms with Gasteiger partial charge in [0.15, 0.2) is 0 Å². The van der Waals surface area contributed by atoms with Crippen LogP contribution in [0.25, 0.3) is 22.4 Å². The first-order valence-electron chi connectivity index (χ1n) is 18.5. The summed E-state index contributed by atoms with van der Waals surface area (Å²) >= 11 is 0. The topological polar surface area (TPSA) is 216 Å². The molecule has 0 spiro atoms. The second-order valence-electron chi connectivity index (χ2n) is 13.6. The number of aromatic nitrogens is 1. The number of para-hydroxylation sites is 1. The summed E-state index contributed by atoms with van der Waals surface area (Å²) in [6, 6.07) is 24.5. The van der Waals surface area contributed by atoms with Crippen molar-refractivity contribution in [3.63, 3.8) is 0 Å². The normalized spacial score (nSPS) is 13.3. The average molecular weight is 799 g/mol. The van der Waals surface area contributed by atoms with Crippen molar-refractivity contribution >= 4 is 17.6 Å². The zero-order valence-corrected chi connectivity index (χ0v) is 31.8. The molecule has 0 aliphatic carbocycles. The van der Waals surface area contributed by atoms with E-state index in [1.807, 2.05) is 66.9 Å². The number of hydrogen-bond acceptors (Lipinski definition) is 14. The molecule has 3 unspecified atom stereocenters. The quantitative estimate of drug-likeness (QED) is 0.0247. The van der Waals surface area contributed by atoms with Crippen LogP contribution in [-0.4, -0.2) is 103 Å². The molecule has 0 bridgehead atoms.